The lowest BCUT2D eigenvalue weighted by Gasteiger charge is -2.15. The van der Waals surface area contributed by atoms with Crippen LogP contribution in [0.25, 0.3) is 0 Å². The third-order valence-electron chi connectivity index (χ3n) is 2.86. The van der Waals surface area contributed by atoms with Crippen LogP contribution >= 0.6 is 0 Å². The van der Waals surface area contributed by atoms with Gasteiger partial charge >= 0.3 is 12.0 Å². The number of carbonyl (C=O) groups excluding carboxylic acids is 1. The smallest absolute Gasteiger partial charge is 0.322 e. The Balaban J connectivity index is 2.05. The maximum absolute atomic E-state index is 11.8. The van der Waals surface area contributed by atoms with Crippen molar-refractivity contribution < 1.29 is 19.4 Å². The van der Waals surface area contributed by atoms with Crippen LogP contribution in [0.1, 0.15) is 13.3 Å². The van der Waals surface area contributed by atoms with Crippen LogP contribution < -0.4 is 15.0 Å². The zero-order valence-electron chi connectivity index (χ0n) is 10.6. The Hall–Kier alpha value is -2.24. The Morgan fingerprint density at radius 1 is 1.47 bits per heavy atom. The zero-order chi connectivity index (χ0) is 13.8. The van der Waals surface area contributed by atoms with E-state index in [1.807, 2.05) is 6.92 Å². The number of nitrogens with zero attached hydrogens (tertiary/aromatic N) is 1. The Bertz CT molecular complexity index is 472. The number of carbonyl (C=O) groups is 2. The summed E-state index contributed by atoms with van der Waals surface area (Å²) in [5.41, 5.74) is 0.730. The number of aliphatic carboxylic acids is 1. The average molecular weight is 264 g/mol. The average Bonchev–Trinajstić information content (AvgIpc) is 2.71. The first-order valence-corrected chi connectivity index (χ1v) is 6.13. The lowest BCUT2D eigenvalue weighted by atomic mass is 10.2. The normalized spacial score (nSPS) is 18.3. The standard InChI is InChI=1S/C13H16N2O4/c1-2-19-11-5-3-10(4-6-11)15-8-9(7-12(16)17)14-13(15)18/h3-6,9H,2,7-8H2,1H3,(H,14,18)(H,16,17). The first-order valence-electron chi connectivity index (χ1n) is 6.13. The van der Waals surface area contributed by atoms with Gasteiger partial charge in [0.25, 0.3) is 0 Å². The summed E-state index contributed by atoms with van der Waals surface area (Å²) < 4.78 is 5.33. The van der Waals surface area contributed by atoms with Crippen LogP contribution in [-0.4, -0.2) is 36.3 Å². The van der Waals surface area contributed by atoms with Gasteiger partial charge in [0.1, 0.15) is 5.75 Å². The molecule has 2 N–H and O–H groups in total. The summed E-state index contributed by atoms with van der Waals surface area (Å²) in [7, 11) is 0. The monoisotopic (exact) mass is 264 g/mol. The van der Waals surface area contributed by atoms with Gasteiger partial charge in [0.2, 0.25) is 0 Å². The summed E-state index contributed by atoms with van der Waals surface area (Å²) in [6, 6.07) is 6.53. The number of urea groups is 1. The number of carboxylic acids is 1. The minimum atomic E-state index is -0.918. The lowest BCUT2D eigenvalue weighted by molar-refractivity contribution is -0.137. The summed E-state index contributed by atoms with van der Waals surface area (Å²) in [6.07, 6.45) is -0.0702. The fourth-order valence-electron chi connectivity index (χ4n) is 2.04. The molecule has 1 fully saturated rings. The van der Waals surface area contributed by atoms with E-state index >= 15 is 0 Å². The molecule has 1 unspecified atom stereocenters. The Labute approximate surface area is 111 Å². The molecule has 1 aliphatic heterocycles. The zero-order valence-corrected chi connectivity index (χ0v) is 10.6. The minimum Gasteiger partial charge on any atom is -0.494 e. The van der Waals surface area contributed by atoms with E-state index < -0.39 is 5.97 Å². The van der Waals surface area contributed by atoms with Crippen LogP contribution in [0.3, 0.4) is 0 Å². The van der Waals surface area contributed by atoms with Crippen molar-refractivity contribution in [3.05, 3.63) is 24.3 Å². The molecule has 1 aromatic rings. The predicted molar refractivity (Wildman–Crippen MR) is 69.5 cm³/mol. The molecule has 1 saturated heterocycles. The quantitative estimate of drug-likeness (QED) is 0.843. The Kier molecular flexibility index (Phi) is 3.89. The molecule has 2 amide bonds. The highest BCUT2D eigenvalue weighted by molar-refractivity contribution is 5.95. The van der Waals surface area contributed by atoms with E-state index in [4.69, 9.17) is 9.84 Å². The fraction of sp³-hybridized carbons (Fsp3) is 0.385. The molecule has 0 aromatic heterocycles. The van der Waals surface area contributed by atoms with E-state index in [2.05, 4.69) is 5.32 Å². The van der Waals surface area contributed by atoms with E-state index in [0.717, 1.165) is 11.4 Å². The summed E-state index contributed by atoms with van der Waals surface area (Å²) in [6.45, 7) is 2.85. The molecular formula is C13H16N2O4. The van der Waals surface area contributed by atoms with Gasteiger partial charge in [-0.3, -0.25) is 9.69 Å². The largest absolute Gasteiger partial charge is 0.494 e. The number of ether oxygens (including phenoxy) is 1. The van der Waals surface area contributed by atoms with Gasteiger partial charge in [0.05, 0.1) is 19.1 Å². The number of nitrogens with one attached hydrogen (secondary N) is 1. The van der Waals surface area contributed by atoms with Crippen LogP contribution in [0.4, 0.5) is 10.5 Å². The SMILES string of the molecule is CCOc1ccc(N2CC(CC(=O)O)NC2=O)cc1. The Morgan fingerprint density at radius 3 is 2.74 bits per heavy atom. The van der Waals surface area contributed by atoms with Gasteiger partial charge in [-0.2, -0.15) is 0 Å². The molecule has 0 radical (unpaired) electrons. The van der Waals surface area contributed by atoms with Crippen LogP contribution in [0, 0.1) is 0 Å². The van der Waals surface area contributed by atoms with Gasteiger partial charge in [-0.05, 0) is 31.2 Å². The second kappa shape index (κ2) is 5.60. The van der Waals surface area contributed by atoms with Gasteiger partial charge in [-0.15, -0.1) is 0 Å². The molecule has 0 spiro atoms. The second-order valence-electron chi connectivity index (χ2n) is 4.28. The third-order valence-corrected chi connectivity index (χ3v) is 2.86. The number of hydrogen-bond donors (Lipinski definition) is 2. The summed E-state index contributed by atoms with van der Waals surface area (Å²) in [5.74, 6) is -0.174. The topological polar surface area (TPSA) is 78.9 Å². The number of anilines is 1. The highest BCUT2D eigenvalue weighted by atomic mass is 16.5. The number of benzene rings is 1. The molecule has 1 atom stereocenters. The number of amides is 2. The molecule has 1 aromatic carbocycles. The van der Waals surface area contributed by atoms with Crippen molar-refractivity contribution in [3.63, 3.8) is 0 Å². The van der Waals surface area contributed by atoms with E-state index in [-0.39, 0.29) is 18.5 Å². The van der Waals surface area contributed by atoms with E-state index in [1.165, 1.54) is 4.90 Å². The summed E-state index contributed by atoms with van der Waals surface area (Å²) in [5, 5.41) is 11.4. The molecule has 1 aliphatic rings. The van der Waals surface area contributed by atoms with Gasteiger partial charge in [0.15, 0.2) is 0 Å². The van der Waals surface area contributed by atoms with E-state index in [0.29, 0.717) is 13.2 Å². The second-order valence-corrected chi connectivity index (χ2v) is 4.28. The van der Waals surface area contributed by atoms with Crippen LogP contribution in [-0.2, 0) is 4.79 Å². The van der Waals surface area contributed by atoms with Crippen molar-refractivity contribution in [2.24, 2.45) is 0 Å². The van der Waals surface area contributed by atoms with Crippen molar-refractivity contribution in [3.8, 4) is 5.75 Å². The molecule has 0 aliphatic carbocycles. The highest BCUT2D eigenvalue weighted by Crippen LogP contribution is 2.22. The number of hydrogen-bond acceptors (Lipinski definition) is 3. The molecule has 19 heavy (non-hydrogen) atoms. The van der Waals surface area contributed by atoms with Crippen LogP contribution in [0.15, 0.2) is 24.3 Å². The highest BCUT2D eigenvalue weighted by Gasteiger charge is 2.30. The molecule has 1 heterocycles. The van der Waals surface area contributed by atoms with Crippen molar-refractivity contribution >= 4 is 17.7 Å². The maximum Gasteiger partial charge on any atom is 0.322 e. The minimum absolute atomic E-state index is 0.0702. The summed E-state index contributed by atoms with van der Waals surface area (Å²) in [4.78, 5) is 23.9. The number of carboxylic acid groups (broad SMARTS) is 1. The lowest BCUT2D eigenvalue weighted by Crippen LogP contribution is -2.29. The van der Waals surface area contributed by atoms with Crippen molar-refractivity contribution in [1.82, 2.24) is 5.32 Å². The van der Waals surface area contributed by atoms with E-state index in [9.17, 15) is 9.59 Å². The predicted octanol–water partition coefficient (Wildman–Crippen LogP) is 1.46. The first kappa shape index (κ1) is 13.2. The van der Waals surface area contributed by atoms with Crippen molar-refractivity contribution in [1.29, 1.82) is 0 Å². The van der Waals surface area contributed by atoms with Crippen molar-refractivity contribution in [2.45, 2.75) is 19.4 Å². The van der Waals surface area contributed by atoms with Crippen molar-refractivity contribution in [2.75, 3.05) is 18.1 Å². The molecular weight excluding hydrogens is 248 g/mol. The van der Waals surface area contributed by atoms with Gasteiger partial charge < -0.3 is 15.2 Å². The fourth-order valence-corrected chi connectivity index (χ4v) is 2.04. The molecule has 2 rings (SSSR count). The molecule has 6 nitrogen and oxygen atoms in total. The third kappa shape index (κ3) is 3.15. The van der Waals surface area contributed by atoms with Gasteiger partial charge in [-0.1, -0.05) is 0 Å². The number of rotatable bonds is 5. The van der Waals surface area contributed by atoms with Gasteiger partial charge in [-0.25, -0.2) is 4.79 Å². The van der Waals surface area contributed by atoms with E-state index in [1.54, 1.807) is 24.3 Å². The molecule has 0 bridgehead atoms. The van der Waals surface area contributed by atoms with Crippen LogP contribution in [0.5, 0.6) is 5.75 Å². The molecule has 0 saturated carbocycles. The maximum atomic E-state index is 11.8. The molecule has 6 heteroatoms. The van der Waals surface area contributed by atoms with Gasteiger partial charge in [0, 0.05) is 12.2 Å². The molecule has 102 valence electrons. The summed E-state index contributed by atoms with van der Waals surface area (Å²) >= 11 is 0. The Morgan fingerprint density at radius 2 is 2.16 bits per heavy atom. The van der Waals surface area contributed by atoms with Crippen LogP contribution in [0.2, 0.25) is 0 Å². The first-order chi connectivity index (χ1) is 9.10.